The Bertz CT molecular complexity index is 533. The molecule has 0 saturated heterocycles. The number of aryl methyl sites for hydroxylation is 1. The Morgan fingerprint density at radius 1 is 1.35 bits per heavy atom. The summed E-state index contributed by atoms with van der Waals surface area (Å²) in [5.74, 6) is 0.540. The Morgan fingerprint density at radius 3 is 2.65 bits per heavy atom. The first-order valence-corrected chi connectivity index (χ1v) is 5.62. The predicted molar refractivity (Wildman–Crippen MR) is 63.4 cm³/mol. The molecule has 0 bridgehead atoms. The molecule has 3 nitrogen and oxygen atoms in total. The lowest BCUT2D eigenvalue weighted by Crippen LogP contribution is -2.22. The first-order valence-electron chi connectivity index (χ1n) is 5.62. The summed E-state index contributed by atoms with van der Waals surface area (Å²) >= 11 is 0. The van der Waals surface area contributed by atoms with Crippen molar-refractivity contribution in [3.05, 3.63) is 35.3 Å². The van der Waals surface area contributed by atoms with Crippen LogP contribution in [0.4, 0.5) is 4.39 Å². The zero-order valence-corrected chi connectivity index (χ0v) is 10.1. The van der Waals surface area contributed by atoms with E-state index in [1.807, 2.05) is 20.8 Å². The largest absolute Gasteiger partial charge is 0.459 e. The van der Waals surface area contributed by atoms with Crippen molar-refractivity contribution in [1.82, 2.24) is 5.48 Å². The van der Waals surface area contributed by atoms with Gasteiger partial charge in [0.25, 0.3) is 0 Å². The van der Waals surface area contributed by atoms with Crippen molar-refractivity contribution in [3.63, 3.8) is 0 Å². The van der Waals surface area contributed by atoms with Crippen molar-refractivity contribution in [1.29, 1.82) is 0 Å². The zero-order valence-electron chi connectivity index (χ0n) is 10.1. The van der Waals surface area contributed by atoms with E-state index in [9.17, 15) is 4.39 Å². The van der Waals surface area contributed by atoms with Gasteiger partial charge < -0.3 is 9.62 Å². The van der Waals surface area contributed by atoms with E-state index in [2.05, 4.69) is 5.48 Å². The van der Waals surface area contributed by atoms with E-state index >= 15 is 0 Å². The third kappa shape index (κ3) is 2.06. The minimum Gasteiger partial charge on any atom is -0.459 e. The maximum absolute atomic E-state index is 13.2. The predicted octanol–water partition coefficient (Wildman–Crippen LogP) is 3.56. The molecule has 1 atom stereocenters. The Balaban J connectivity index is 2.59. The third-order valence-electron chi connectivity index (χ3n) is 3.02. The molecule has 2 aromatic rings. The van der Waals surface area contributed by atoms with E-state index in [1.54, 1.807) is 6.07 Å². The number of hydrogen-bond acceptors (Lipinski definition) is 3. The SMILES string of the molecule is Cc1c([C@@H](NO)C(C)C)oc2ccc(F)cc12. The van der Waals surface area contributed by atoms with Gasteiger partial charge in [0.15, 0.2) is 0 Å². The highest BCUT2D eigenvalue weighted by atomic mass is 19.1. The summed E-state index contributed by atoms with van der Waals surface area (Å²) in [4.78, 5) is 0. The van der Waals surface area contributed by atoms with Crippen LogP contribution in [0.1, 0.15) is 31.2 Å². The van der Waals surface area contributed by atoms with E-state index in [0.29, 0.717) is 11.3 Å². The van der Waals surface area contributed by atoms with Gasteiger partial charge in [0.05, 0.1) is 6.04 Å². The monoisotopic (exact) mass is 237 g/mol. The lowest BCUT2D eigenvalue weighted by molar-refractivity contribution is 0.0940. The van der Waals surface area contributed by atoms with Gasteiger partial charge in [-0.1, -0.05) is 13.8 Å². The number of nitrogens with one attached hydrogen (secondary N) is 1. The normalized spacial score (nSPS) is 13.5. The molecule has 0 fully saturated rings. The van der Waals surface area contributed by atoms with Crippen LogP contribution in [0, 0.1) is 18.7 Å². The number of fused-ring (bicyclic) bond motifs is 1. The molecule has 2 rings (SSSR count). The molecule has 17 heavy (non-hydrogen) atoms. The lowest BCUT2D eigenvalue weighted by Gasteiger charge is -2.17. The van der Waals surface area contributed by atoms with E-state index in [4.69, 9.17) is 9.62 Å². The van der Waals surface area contributed by atoms with Gasteiger partial charge in [-0.05, 0) is 31.0 Å². The Labute approximate surface area is 99.2 Å². The van der Waals surface area contributed by atoms with Crippen molar-refractivity contribution in [2.24, 2.45) is 5.92 Å². The summed E-state index contributed by atoms with van der Waals surface area (Å²) in [5.41, 5.74) is 3.75. The maximum atomic E-state index is 13.2. The van der Waals surface area contributed by atoms with Gasteiger partial charge in [0.2, 0.25) is 0 Å². The average molecular weight is 237 g/mol. The zero-order chi connectivity index (χ0) is 12.6. The fourth-order valence-electron chi connectivity index (χ4n) is 2.02. The van der Waals surface area contributed by atoms with Crippen LogP contribution < -0.4 is 5.48 Å². The molecule has 0 spiro atoms. The van der Waals surface area contributed by atoms with Gasteiger partial charge in [0.1, 0.15) is 17.2 Å². The molecular formula is C13H16FNO2. The van der Waals surface area contributed by atoms with Crippen LogP contribution in [0.15, 0.2) is 22.6 Å². The van der Waals surface area contributed by atoms with E-state index in [-0.39, 0.29) is 17.8 Å². The second kappa shape index (κ2) is 4.47. The molecule has 0 radical (unpaired) electrons. The van der Waals surface area contributed by atoms with E-state index in [0.717, 1.165) is 10.9 Å². The van der Waals surface area contributed by atoms with Crippen molar-refractivity contribution < 1.29 is 14.0 Å². The van der Waals surface area contributed by atoms with Crippen LogP contribution in [0.25, 0.3) is 11.0 Å². The van der Waals surface area contributed by atoms with Gasteiger partial charge in [-0.25, -0.2) is 4.39 Å². The van der Waals surface area contributed by atoms with E-state index in [1.165, 1.54) is 12.1 Å². The van der Waals surface area contributed by atoms with Crippen molar-refractivity contribution in [3.8, 4) is 0 Å². The molecule has 92 valence electrons. The number of halogens is 1. The first kappa shape index (κ1) is 12.1. The van der Waals surface area contributed by atoms with Gasteiger partial charge in [-0.2, -0.15) is 5.48 Å². The second-order valence-electron chi connectivity index (χ2n) is 4.58. The molecule has 1 aromatic heterocycles. The standard InChI is InChI=1S/C13H16FNO2/c1-7(2)12(15-16)13-8(3)10-6-9(14)4-5-11(10)17-13/h4-7,12,15-16H,1-3H3/t12-/m0/s1. The molecular weight excluding hydrogens is 221 g/mol. The molecule has 0 unspecified atom stereocenters. The summed E-state index contributed by atoms with van der Waals surface area (Å²) in [6.07, 6.45) is 0. The van der Waals surface area contributed by atoms with Crippen molar-refractivity contribution >= 4 is 11.0 Å². The molecule has 0 aliphatic rings. The Hall–Kier alpha value is -1.39. The summed E-state index contributed by atoms with van der Waals surface area (Å²) in [6, 6.07) is 4.14. The molecule has 4 heteroatoms. The third-order valence-corrected chi connectivity index (χ3v) is 3.02. The van der Waals surface area contributed by atoms with Crippen LogP contribution in [-0.4, -0.2) is 5.21 Å². The Morgan fingerprint density at radius 2 is 2.06 bits per heavy atom. The average Bonchev–Trinajstić information content (AvgIpc) is 2.58. The molecule has 2 N–H and O–H groups in total. The highest BCUT2D eigenvalue weighted by Crippen LogP contribution is 2.32. The summed E-state index contributed by atoms with van der Waals surface area (Å²) in [5, 5.41) is 9.92. The van der Waals surface area contributed by atoms with Gasteiger partial charge in [-0.3, -0.25) is 0 Å². The topological polar surface area (TPSA) is 45.4 Å². The highest BCUT2D eigenvalue weighted by Gasteiger charge is 2.22. The van der Waals surface area contributed by atoms with Crippen molar-refractivity contribution in [2.45, 2.75) is 26.8 Å². The fraction of sp³-hybridized carbons (Fsp3) is 0.385. The van der Waals surface area contributed by atoms with E-state index < -0.39 is 0 Å². The molecule has 1 aromatic carbocycles. The summed E-state index contributed by atoms with van der Waals surface area (Å²) < 4.78 is 18.8. The highest BCUT2D eigenvalue weighted by molar-refractivity contribution is 5.82. The van der Waals surface area contributed by atoms with Gasteiger partial charge in [0, 0.05) is 10.9 Å². The van der Waals surface area contributed by atoms with Gasteiger partial charge >= 0.3 is 0 Å². The smallest absolute Gasteiger partial charge is 0.134 e. The number of hydrogen-bond donors (Lipinski definition) is 2. The number of benzene rings is 1. The van der Waals surface area contributed by atoms with Crippen LogP contribution in [-0.2, 0) is 0 Å². The Kier molecular flexibility index (Phi) is 3.17. The molecule has 0 saturated carbocycles. The van der Waals surface area contributed by atoms with Crippen LogP contribution in [0.2, 0.25) is 0 Å². The van der Waals surface area contributed by atoms with Crippen molar-refractivity contribution in [2.75, 3.05) is 0 Å². The summed E-state index contributed by atoms with van der Waals surface area (Å²) in [7, 11) is 0. The van der Waals surface area contributed by atoms with Crippen LogP contribution >= 0.6 is 0 Å². The van der Waals surface area contributed by atoms with Crippen LogP contribution in [0.3, 0.4) is 0 Å². The minimum atomic E-state index is -0.287. The summed E-state index contributed by atoms with van der Waals surface area (Å²) in [6.45, 7) is 5.82. The minimum absolute atomic E-state index is 0.170. The molecule has 1 heterocycles. The molecule has 0 aliphatic heterocycles. The maximum Gasteiger partial charge on any atom is 0.134 e. The first-order chi connectivity index (χ1) is 8.04. The quantitative estimate of drug-likeness (QED) is 0.802. The number of furan rings is 1. The lowest BCUT2D eigenvalue weighted by atomic mass is 9.99. The number of rotatable bonds is 3. The second-order valence-corrected chi connectivity index (χ2v) is 4.58. The van der Waals surface area contributed by atoms with Crippen LogP contribution in [0.5, 0.6) is 0 Å². The molecule has 0 aliphatic carbocycles. The fourth-order valence-corrected chi connectivity index (χ4v) is 2.02. The van der Waals surface area contributed by atoms with Gasteiger partial charge in [-0.15, -0.1) is 0 Å². The number of hydroxylamine groups is 1. The molecule has 0 amide bonds.